The number of fused-ring (bicyclic) bond motifs is 1. The molecule has 7 heteroatoms. The number of anilines is 1. The third-order valence-electron chi connectivity index (χ3n) is 4.16. The lowest BCUT2D eigenvalue weighted by Gasteiger charge is -2.22. The Kier molecular flexibility index (Phi) is 3.74. The van der Waals surface area contributed by atoms with Crippen molar-refractivity contribution in [3.05, 3.63) is 53.9 Å². The molecule has 0 spiro atoms. The lowest BCUT2D eigenvalue weighted by Crippen LogP contribution is -2.41. The van der Waals surface area contributed by atoms with Crippen molar-refractivity contribution >= 4 is 11.8 Å². The number of aromatic nitrogens is 3. The number of urea groups is 1. The van der Waals surface area contributed by atoms with Crippen molar-refractivity contribution < 1.29 is 9.32 Å². The van der Waals surface area contributed by atoms with Gasteiger partial charge >= 0.3 is 6.03 Å². The fourth-order valence-electron chi connectivity index (χ4n) is 2.95. The van der Waals surface area contributed by atoms with Gasteiger partial charge in [0, 0.05) is 23.4 Å². The van der Waals surface area contributed by atoms with Crippen LogP contribution in [-0.4, -0.2) is 27.4 Å². The Morgan fingerprint density at radius 3 is 3.04 bits per heavy atom. The van der Waals surface area contributed by atoms with Gasteiger partial charge < -0.3 is 9.84 Å². The summed E-state index contributed by atoms with van der Waals surface area (Å²) >= 11 is 0. The first-order valence-electron chi connectivity index (χ1n) is 7.89. The highest BCUT2D eigenvalue weighted by atomic mass is 16.5. The van der Waals surface area contributed by atoms with E-state index in [1.165, 1.54) is 5.56 Å². The van der Waals surface area contributed by atoms with E-state index >= 15 is 0 Å². The van der Waals surface area contributed by atoms with Crippen molar-refractivity contribution in [3.63, 3.8) is 0 Å². The number of H-pyrrole nitrogens is 1. The Hall–Kier alpha value is -3.09. The maximum Gasteiger partial charge on any atom is 0.320 e. The molecular formula is C17H17N5O2. The van der Waals surface area contributed by atoms with Crippen LogP contribution in [0.2, 0.25) is 0 Å². The molecule has 3 aromatic rings. The molecule has 122 valence electrons. The molecule has 0 fully saturated rings. The highest BCUT2D eigenvalue weighted by Crippen LogP contribution is 2.22. The van der Waals surface area contributed by atoms with E-state index in [1.807, 2.05) is 36.5 Å². The lowest BCUT2D eigenvalue weighted by molar-refractivity contribution is 0.247. The zero-order chi connectivity index (χ0) is 16.4. The number of amides is 2. The largest absolute Gasteiger partial charge is 0.354 e. The van der Waals surface area contributed by atoms with Crippen LogP contribution in [0.4, 0.5) is 10.6 Å². The van der Waals surface area contributed by atoms with Crippen LogP contribution in [0.15, 0.2) is 47.1 Å². The van der Waals surface area contributed by atoms with Crippen LogP contribution in [0.3, 0.4) is 0 Å². The van der Waals surface area contributed by atoms with Crippen molar-refractivity contribution in [2.75, 3.05) is 5.32 Å². The van der Waals surface area contributed by atoms with E-state index in [-0.39, 0.29) is 12.1 Å². The lowest BCUT2D eigenvalue weighted by atomic mass is 9.94. The maximum atomic E-state index is 12.1. The van der Waals surface area contributed by atoms with Crippen LogP contribution in [0.25, 0.3) is 11.3 Å². The fraction of sp³-hybridized carbons (Fsp3) is 0.235. The van der Waals surface area contributed by atoms with Gasteiger partial charge in [-0.1, -0.05) is 35.5 Å². The summed E-state index contributed by atoms with van der Waals surface area (Å²) in [6, 6.07) is 11.2. The molecule has 2 amide bonds. The second-order valence-electron chi connectivity index (χ2n) is 5.85. The molecule has 4 rings (SSSR count). The predicted octanol–water partition coefficient (Wildman–Crippen LogP) is 2.74. The number of nitrogens with one attached hydrogen (secondary N) is 3. The molecule has 0 saturated carbocycles. The Bertz CT molecular complexity index is 840. The monoisotopic (exact) mass is 323 g/mol. The molecule has 3 N–H and O–H groups in total. The average molecular weight is 323 g/mol. The fourth-order valence-corrected chi connectivity index (χ4v) is 2.95. The minimum atomic E-state index is -0.278. The van der Waals surface area contributed by atoms with Crippen molar-refractivity contribution in [3.8, 4) is 11.3 Å². The van der Waals surface area contributed by atoms with E-state index < -0.39 is 0 Å². The number of rotatable bonds is 3. The van der Waals surface area contributed by atoms with E-state index in [4.69, 9.17) is 4.52 Å². The van der Waals surface area contributed by atoms with E-state index in [0.717, 1.165) is 30.5 Å². The number of hydrogen-bond donors (Lipinski definition) is 3. The summed E-state index contributed by atoms with van der Waals surface area (Å²) in [5, 5.41) is 16.6. The molecule has 2 heterocycles. The number of hydrogen-bond acceptors (Lipinski definition) is 4. The molecule has 1 aromatic carbocycles. The zero-order valence-corrected chi connectivity index (χ0v) is 13.0. The van der Waals surface area contributed by atoms with E-state index in [1.54, 1.807) is 6.07 Å². The molecule has 2 aromatic heterocycles. The number of nitrogens with zero attached hydrogens (tertiary/aromatic N) is 2. The first-order chi connectivity index (χ1) is 11.8. The molecule has 0 radical (unpaired) electrons. The first kappa shape index (κ1) is 14.5. The van der Waals surface area contributed by atoms with Gasteiger partial charge in [0.1, 0.15) is 0 Å². The van der Waals surface area contributed by atoms with Gasteiger partial charge in [-0.05, 0) is 24.8 Å². The van der Waals surface area contributed by atoms with Crippen LogP contribution in [0.5, 0.6) is 0 Å². The standard InChI is InChI=1S/C17H17N5O2/c23-17(19-13-6-7-14-12(8-13)10-18-21-14)20-16-9-15(24-22-16)11-4-2-1-3-5-11/h1-5,9-10,13H,6-8H2,(H,18,21)(H2,19,20,22,23)/t13-/m1/s1. The van der Waals surface area contributed by atoms with Crippen LogP contribution in [-0.2, 0) is 12.8 Å². The SMILES string of the molecule is O=C(Nc1cc(-c2ccccc2)on1)N[C@@H]1CCc2[nH]ncc2C1. The third kappa shape index (κ3) is 3.01. The summed E-state index contributed by atoms with van der Waals surface area (Å²) < 4.78 is 5.27. The summed E-state index contributed by atoms with van der Waals surface area (Å²) in [4.78, 5) is 12.1. The van der Waals surface area contributed by atoms with Crippen LogP contribution in [0, 0.1) is 0 Å². The summed E-state index contributed by atoms with van der Waals surface area (Å²) in [6.45, 7) is 0. The molecule has 7 nitrogen and oxygen atoms in total. The van der Waals surface area contributed by atoms with Crippen LogP contribution >= 0.6 is 0 Å². The summed E-state index contributed by atoms with van der Waals surface area (Å²) in [5.41, 5.74) is 3.25. The quantitative estimate of drug-likeness (QED) is 0.690. The molecule has 1 atom stereocenters. The Morgan fingerprint density at radius 1 is 1.29 bits per heavy atom. The predicted molar refractivity (Wildman–Crippen MR) is 88.5 cm³/mol. The smallest absolute Gasteiger partial charge is 0.320 e. The average Bonchev–Trinajstić information content (AvgIpc) is 3.24. The molecule has 0 bridgehead atoms. The molecule has 1 aliphatic rings. The van der Waals surface area contributed by atoms with Crippen molar-refractivity contribution in [1.29, 1.82) is 0 Å². The summed E-state index contributed by atoms with van der Waals surface area (Å²) in [7, 11) is 0. The Labute approximate surface area is 138 Å². The molecule has 0 unspecified atom stereocenters. The van der Waals surface area contributed by atoms with Gasteiger partial charge in [0.2, 0.25) is 0 Å². The molecular weight excluding hydrogens is 306 g/mol. The number of carbonyl (C=O) groups is 1. The van der Waals surface area contributed by atoms with Crippen LogP contribution in [0.1, 0.15) is 17.7 Å². The molecule has 1 aliphatic carbocycles. The first-order valence-corrected chi connectivity index (χ1v) is 7.89. The normalized spacial score (nSPS) is 16.4. The highest BCUT2D eigenvalue weighted by molar-refractivity contribution is 5.88. The molecule has 0 aliphatic heterocycles. The van der Waals surface area contributed by atoms with Gasteiger partial charge in [0.15, 0.2) is 11.6 Å². The molecule has 0 saturated heterocycles. The second-order valence-corrected chi connectivity index (χ2v) is 5.85. The van der Waals surface area contributed by atoms with Gasteiger partial charge in [0.05, 0.1) is 6.20 Å². The summed E-state index contributed by atoms with van der Waals surface area (Å²) in [6.07, 6.45) is 4.39. The maximum absolute atomic E-state index is 12.1. The Balaban J connectivity index is 1.36. The van der Waals surface area contributed by atoms with E-state index in [0.29, 0.717) is 11.6 Å². The number of benzene rings is 1. The minimum Gasteiger partial charge on any atom is -0.354 e. The highest BCUT2D eigenvalue weighted by Gasteiger charge is 2.21. The van der Waals surface area contributed by atoms with Crippen molar-refractivity contribution in [2.24, 2.45) is 0 Å². The van der Waals surface area contributed by atoms with Crippen molar-refractivity contribution in [1.82, 2.24) is 20.7 Å². The Morgan fingerprint density at radius 2 is 2.17 bits per heavy atom. The van der Waals surface area contributed by atoms with E-state index in [9.17, 15) is 4.79 Å². The third-order valence-corrected chi connectivity index (χ3v) is 4.16. The van der Waals surface area contributed by atoms with Gasteiger partial charge in [-0.2, -0.15) is 5.10 Å². The van der Waals surface area contributed by atoms with E-state index in [2.05, 4.69) is 26.0 Å². The molecule has 24 heavy (non-hydrogen) atoms. The van der Waals surface area contributed by atoms with Crippen molar-refractivity contribution in [2.45, 2.75) is 25.3 Å². The number of aryl methyl sites for hydroxylation is 1. The summed E-state index contributed by atoms with van der Waals surface area (Å²) in [5.74, 6) is 1.01. The number of carbonyl (C=O) groups excluding carboxylic acids is 1. The number of aromatic amines is 1. The van der Waals surface area contributed by atoms with Gasteiger partial charge in [-0.25, -0.2) is 4.79 Å². The van der Waals surface area contributed by atoms with Gasteiger partial charge in [0.25, 0.3) is 0 Å². The topological polar surface area (TPSA) is 95.8 Å². The van der Waals surface area contributed by atoms with Gasteiger partial charge in [-0.3, -0.25) is 10.4 Å². The second kappa shape index (κ2) is 6.19. The minimum absolute atomic E-state index is 0.0931. The van der Waals surface area contributed by atoms with Crippen LogP contribution < -0.4 is 10.6 Å². The van der Waals surface area contributed by atoms with Gasteiger partial charge in [-0.15, -0.1) is 0 Å². The zero-order valence-electron chi connectivity index (χ0n) is 13.0.